The number of rotatable bonds is 2. The smallest absolute Gasteiger partial charge is 0.388 e. The Morgan fingerprint density at radius 3 is 2.83 bits per heavy atom. The van der Waals surface area contributed by atoms with Crippen molar-refractivity contribution in [2.45, 2.75) is 13.5 Å². The normalized spacial score (nSPS) is 10.4. The average molecular weight is 194 g/mol. The minimum atomic E-state index is -2.87. The highest BCUT2D eigenvalue weighted by atomic mass is 35.5. The first-order valence-corrected chi connectivity index (χ1v) is 3.55. The van der Waals surface area contributed by atoms with Crippen molar-refractivity contribution in [1.82, 2.24) is 4.98 Å². The lowest BCUT2D eigenvalue weighted by atomic mass is 10.3. The highest BCUT2D eigenvalue weighted by Gasteiger charge is 2.09. The monoisotopic (exact) mass is 193 g/mol. The molecule has 0 aliphatic rings. The van der Waals surface area contributed by atoms with Crippen LogP contribution < -0.4 is 4.74 Å². The molecule has 0 radical (unpaired) electrons. The molecular weight excluding hydrogens is 188 g/mol. The summed E-state index contributed by atoms with van der Waals surface area (Å²) in [4.78, 5) is 3.59. The zero-order chi connectivity index (χ0) is 9.14. The Kier molecular flexibility index (Phi) is 2.81. The van der Waals surface area contributed by atoms with E-state index in [-0.39, 0.29) is 5.88 Å². The molecule has 0 aliphatic carbocycles. The molecule has 0 saturated carbocycles. The number of aromatic nitrogens is 1. The van der Waals surface area contributed by atoms with Gasteiger partial charge in [-0.1, -0.05) is 11.6 Å². The van der Waals surface area contributed by atoms with Gasteiger partial charge in [0.05, 0.1) is 5.02 Å². The first kappa shape index (κ1) is 9.19. The Morgan fingerprint density at radius 2 is 2.25 bits per heavy atom. The van der Waals surface area contributed by atoms with Gasteiger partial charge in [-0.3, -0.25) is 0 Å². The van der Waals surface area contributed by atoms with Crippen LogP contribution in [0, 0.1) is 6.92 Å². The van der Waals surface area contributed by atoms with E-state index in [4.69, 9.17) is 11.6 Å². The summed E-state index contributed by atoms with van der Waals surface area (Å²) in [5.74, 6) is -0.127. The van der Waals surface area contributed by atoms with Crippen LogP contribution in [0.3, 0.4) is 0 Å². The SMILES string of the molecule is Cc1c(Cl)ccnc1OC(F)F. The van der Waals surface area contributed by atoms with E-state index in [0.717, 1.165) is 0 Å². The molecule has 1 rings (SSSR count). The van der Waals surface area contributed by atoms with E-state index in [1.54, 1.807) is 6.92 Å². The summed E-state index contributed by atoms with van der Waals surface area (Å²) < 4.78 is 27.6. The Balaban J connectivity index is 2.92. The second kappa shape index (κ2) is 3.67. The molecule has 0 N–H and O–H groups in total. The van der Waals surface area contributed by atoms with Crippen molar-refractivity contribution in [2.75, 3.05) is 0 Å². The van der Waals surface area contributed by atoms with Gasteiger partial charge in [0.15, 0.2) is 0 Å². The number of halogens is 3. The maximum absolute atomic E-state index is 11.7. The van der Waals surface area contributed by atoms with Crippen molar-refractivity contribution in [3.05, 3.63) is 22.8 Å². The van der Waals surface area contributed by atoms with E-state index in [2.05, 4.69) is 9.72 Å². The summed E-state index contributed by atoms with van der Waals surface area (Å²) in [5, 5.41) is 0.362. The third-order valence-electron chi connectivity index (χ3n) is 1.29. The van der Waals surface area contributed by atoms with Crippen LogP contribution in [-0.4, -0.2) is 11.6 Å². The lowest BCUT2D eigenvalue weighted by Gasteiger charge is -2.06. The van der Waals surface area contributed by atoms with Crippen molar-refractivity contribution < 1.29 is 13.5 Å². The van der Waals surface area contributed by atoms with E-state index in [0.29, 0.717) is 10.6 Å². The van der Waals surface area contributed by atoms with Crippen LogP contribution >= 0.6 is 11.6 Å². The summed E-state index contributed by atoms with van der Waals surface area (Å²) >= 11 is 5.63. The maximum Gasteiger partial charge on any atom is 0.388 e. The van der Waals surface area contributed by atoms with E-state index in [1.165, 1.54) is 12.3 Å². The molecule has 0 bridgehead atoms. The molecule has 0 aromatic carbocycles. The van der Waals surface area contributed by atoms with Gasteiger partial charge in [-0.2, -0.15) is 8.78 Å². The average Bonchev–Trinajstić information content (AvgIpc) is 1.98. The van der Waals surface area contributed by atoms with Crippen molar-refractivity contribution >= 4 is 11.6 Å². The number of nitrogens with zero attached hydrogens (tertiary/aromatic N) is 1. The van der Waals surface area contributed by atoms with E-state index in [9.17, 15) is 8.78 Å². The van der Waals surface area contributed by atoms with Crippen molar-refractivity contribution in [2.24, 2.45) is 0 Å². The fourth-order valence-electron chi connectivity index (χ4n) is 0.698. The van der Waals surface area contributed by atoms with E-state index in [1.807, 2.05) is 0 Å². The summed E-state index contributed by atoms with van der Waals surface area (Å²) in [7, 11) is 0. The van der Waals surface area contributed by atoms with Crippen LogP contribution in [0.2, 0.25) is 5.02 Å². The van der Waals surface area contributed by atoms with Crippen LogP contribution in [0.25, 0.3) is 0 Å². The van der Waals surface area contributed by atoms with Gasteiger partial charge in [0.25, 0.3) is 0 Å². The predicted octanol–water partition coefficient (Wildman–Crippen LogP) is 2.64. The van der Waals surface area contributed by atoms with Crippen LogP contribution in [0.5, 0.6) is 5.88 Å². The first-order chi connectivity index (χ1) is 5.61. The molecule has 2 nitrogen and oxygen atoms in total. The maximum atomic E-state index is 11.7. The topological polar surface area (TPSA) is 22.1 Å². The molecule has 1 heterocycles. The van der Waals surface area contributed by atoms with E-state index < -0.39 is 6.61 Å². The standard InChI is InChI=1S/C7H6ClF2NO/c1-4-5(8)2-3-11-6(4)12-7(9)10/h2-3,7H,1H3. The molecule has 12 heavy (non-hydrogen) atoms. The lowest BCUT2D eigenvalue weighted by molar-refractivity contribution is -0.0533. The molecule has 0 aliphatic heterocycles. The van der Waals surface area contributed by atoms with Gasteiger partial charge in [-0.25, -0.2) is 4.98 Å². The summed E-state index contributed by atoms with van der Waals surface area (Å²) in [6.45, 7) is -1.30. The van der Waals surface area contributed by atoms with Crippen LogP contribution in [0.1, 0.15) is 5.56 Å². The van der Waals surface area contributed by atoms with Crippen LogP contribution in [0.15, 0.2) is 12.3 Å². The molecule has 1 aromatic heterocycles. The molecule has 0 unspecified atom stereocenters. The van der Waals surface area contributed by atoms with Gasteiger partial charge in [0, 0.05) is 11.8 Å². The number of pyridine rings is 1. The number of hydrogen-bond donors (Lipinski definition) is 0. The number of alkyl halides is 2. The molecule has 66 valence electrons. The molecule has 0 amide bonds. The predicted molar refractivity (Wildman–Crippen MR) is 40.6 cm³/mol. The van der Waals surface area contributed by atoms with Crippen LogP contribution in [-0.2, 0) is 0 Å². The lowest BCUT2D eigenvalue weighted by Crippen LogP contribution is -2.04. The Bertz CT molecular complexity index is 280. The zero-order valence-electron chi connectivity index (χ0n) is 6.22. The second-order valence-corrected chi connectivity index (χ2v) is 2.51. The molecular formula is C7H6ClF2NO. The third kappa shape index (κ3) is 2.04. The summed E-state index contributed by atoms with van der Waals surface area (Å²) in [6.07, 6.45) is 1.31. The fourth-order valence-corrected chi connectivity index (χ4v) is 0.835. The molecule has 5 heteroatoms. The highest BCUT2D eigenvalue weighted by Crippen LogP contribution is 2.23. The third-order valence-corrected chi connectivity index (χ3v) is 1.70. The quantitative estimate of drug-likeness (QED) is 0.721. The highest BCUT2D eigenvalue weighted by molar-refractivity contribution is 6.31. The number of ether oxygens (including phenoxy) is 1. The molecule has 0 atom stereocenters. The minimum absolute atomic E-state index is 0.127. The van der Waals surface area contributed by atoms with Gasteiger partial charge in [0.2, 0.25) is 5.88 Å². The van der Waals surface area contributed by atoms with E-state index >= 15 is 0 Å². The molecule has 0 saturated heterocycles. The van der Waals surface area contributed by atoms with Crippen molar-refractivity contribution in [3.63, 3.8) is 0 Å². The van der Waals surface area contributed by atoms with Crippen LogP contribution in [0.4, 0.5) is 8.78 Å². The summed E-state index contributed by atoms with van der Waals surface area (Å²) in [5.41, 5.74) is 0.416. The van der Waals surface area contributed by atoms with Gasteiger partial charge in [-0.15, -0.1) is 0 Å². The molecule has 0 fully saturated rings. The molecule has 0 spiro atoms. The van der Waals surface area contributed by atoms with Gasteiger partial charge in [-0.05, 0) is 13.0 Å². The van der Waals surface area contributed by atoms with Gasteiger partial charge >= 0.3 is 6.61 Å². The minimum Gasteiger partial charge on any atom is -0.417 e. The Labute approximate surface area is 73.1 Å². The molecule has 1 aromatic rings. The largest absolute Gasteiger partial charge is 0.417 e. The first-order valence-electron chi connectivity index (χ1n) is 3.17. The Morgan fingerprint density at radius 1 is 1.58 bits per heavy atom. The zero-order valence-corrected chi connectivity index (χ0v) is 6.98. The van der Waals surface area contributed by atoms with Gasteiger partial charge < -0.3 is 4.74 Å². The van der Waals surface area contributed by atoms with Gasteiger partial charge in [0.1, 0.15) is 0 Å². The summed E-state index contributed by atoms with van der Waals surface area (Å²) in [6, 6.07) is 1.51. The van der Waals surface area contributed by atoms with Crippen molar-refractivity contribution in [1.29, 1.82) is 0 Å². The number of hydrogen-bond acceptors (Lipinski definition) is 2. The van der Waals surface area contributed by atoms with Crippen molar-refractivity contribution in [3.8, 4) is 5.88 Å². The Hall–Kier alpha value is -0.900. The second-order valence-electron chi connectivity index (χ2n) is 2.10. The fraction of sp³-hybridized carbons (Fsp3) is 0.286.